The van der Waals surface area contributed by atoms with Crippen LogP contribution in [0.2, 0.25) is 0 Å². The molecule has 3 nitrogen and oxygen atoms in total. The van der Waals surface area contributed by atoms with Gasteiger partial charge in [0.15, 0.2) is 0 Å². The standard InChI is InChI=1S/C10H10O3S/c1-2-13-10(12)6-8(7-11)9-4-3-5-14-9/h3-5H,2,6H2,1H3. The van der Waals surface area contributed by atoms with Gasteiger partial charge in [-0.05, 0) is 18.4 Å². The summed E-state index contributed by atoms with van der Waals surface area (Å²) in [5.74, 6) is 1.38. The number of thiophene rings is 1. The fraction of sp³-hybridized carbons (Fsp3) is 0.300. The van der Waals surface area contributed by atoms with Gasteiger partial charge >= 0.3 is 5.97 Å². The van der Waals surface area contributed by atoms with Crippen LogP contribution < -0.4 is 0 Å². The highest BCUT2D eigenvalue weighted by Crippen LogP contribution is 2.20. The minimum absolute atomic E-state index is 0.00213. The summed E-state index contributed by atoms with van der Waals surface area (Å²) >= 11 is 1.41. The minimum Gasteiger partial charge on any atom is -0.466 e. The molecule has 1 heterocycles. The van der Waals surface area contributed by atoms with E-state index in [4.69, 9.17) is 4.74 Å². The predicted octanol–water partition coefficient (Wildman–Crippen LogP) is 1.92. The molecule has 74 valence electrons. The maximum absolute atomic E-state index is 11.1. The van der Waals surface area contributed by atoms with Gasteiger partial charge in [0.1, 0.15) is 5.94 Å². The molecule has 0 bridgehead atoms. The van der Waals surface area contributed by atoms with Crippen LogP contribution in [-0.4, -0.2) is 18.5 Å². The topological polar surface area (TPSA) is 43.4 Å². The lowest BCUT2D eigenvalue weighted by molar-refractivity contribution is -0.141. The number of hydrogen-bond donors (Lipinski definition) is 0. The van der Waals surface area contributed by atoms with Crippen molar-refractivity contribution in [3.8, 4) is 0 Å². The lowest BCUT2D eigenvalue weighted by Crippen LogP contribution is -2.04. The molecule has 0 spiro atoms. The van der Waals surface area contributed by atoms with Crippen LogP contribution in [0.25, 0.3) is 5.57 Å². The molecule has 0 unspecified atom stereocenters. The molecule has 1 rings (SSSR count). The van der Waals surface area contributed by atoms with Gasteiger partial charge in [0.05, 0.1) is 18.6 Å². The van der Waals surface area contributed by atoms with E-state index in [2.05, 4.69) is 0 Å². The summed E-state index contributed by atoms with van der Waals surface area (Å²) in [7, 11) is 0. The Bertz CT molecular complexity index is 347. The number of esters is 1. The van der Waals surface area contributed by atoms with Gasteiger partial charge in [0.2, 0.25) is 0 Å². The first-order chi connectivity index (χ1) is 6.77. The van der Waals surface area contributed by atoms with E-state index in [1.807, 2.05) is 11.4 Å². The smallest absolute Gasteiger partial charge is 0.311 e. The Labute approximate surface area is 86.0 Å². The number of rotatable bonds is 4. The summed E-state index contributed by atoms with van der Waals surface area (Å²) in [4.78, 5) is 22.4. The Morgan fingerprint density at radius 1 is 1.64 bits per heavy atom. The molecule has 0 amide bonds. The van der Waals surface area contributed by atoms with Crippen molar-refractivity contribution in [1.29, 1.82) is 0 Å². The maximum atomic E-state index is 11.1. The van der Waals surface area contributed by atoms with Crippen LogP contribution >= 0.6 is 11.3 Å². The van der Waals surface area contributed by atoms with E-state index < -0.39 is 0 Å². The highest BCUT2D eigenvalue weighted by atomic mass is 32.1. The highest BCUT2D eigenvalue weighted by Gasteiger charge is 2.10. The Morgan fingerprint density at radius 3 is 2.93 bits per heavy atom. The normalized spacial score (nSPS) is 9.21. The number of ether oxygens (including phenoxy) is 1. The SMILES string of the molecule is CCOC(=O)CC(=C=O)c1cccs1. The van der Waals surface area contributed by atoms with E-state index in [0.717, 1.165) is 4.88 Å². The Kier molecular flexibility index (Phi) is 4.11. The first-order valence-corrected chi connectivity index (χ1v) is 5.09. The number of hydrogen-bond acceptors (Lipinski definition) is 4. The average Bonchev–Trinajstić information content (AvgIpc) is 2.67. The van der Waals surface area contributed by atoms with Gasteiger partial charge in [-0.15, -0.1) is 11.3 Å². The summed E-state index contributed by atoms with van der Waals surface area (Å²) < 4.78 is 4.74. The molecule has 1 aromatic heterocycles. The van der Waals surface area contributed by atoms with Crippen LogP contribution in [-0.2, 0) is 14.3 Å². The van der Waals surface area contributed by atoms with E-state index in [0.29, 0.717) is 12.2 Å². The molecule has 0 radical (unpaired) electrons. The fourth-order valence-electron chi connectivity index (χ4n) is 0.980. The predicted molar refractivity (Wildman–Crippen MR) is 54.7 cm³/mol. The Morgan fingerprint density at radius 2 is 2.43 bits per heavy atom. The third-order valence-electron chi connectivity index (χ3n) is 1.57. The monoisotopic (exact) mass is 210 g/mol. The average molecular weight is 210 g/mol. The van der Waals surface area contributed by atoms with Crippen LogP contribution in [0.1, 0.15) is 18.2 Å². The van der Waals surface area contributed by atoms with Crippen molar-refractivity contribution in [3.63, 3.8) is 0 Å². The first-order valence-electron chi connectivity index (χ1n) is 4.21. The van der Waals surface area contributed by atoms with E-state index in [-0.39, 0.29) is 12.4 Å². The van der Waals surface area contributed by atoms with Gasteiger partial charge < -0.3 is 4.74 Å². The molecule has 0 saturated carbocycles. The van der Waals surface area contributed by atoms with Crippen molar-refractivity contribution in [2.45, 2.75) is 13.3 Å². The molecule has 0 aliphatic heterocycles. The van der Waals surface area contributed by atoms with Gasteiger partial charge in [-0.3, -0.25) is 4.79 Å². The van der Waals surface area contributed by atoms with Crippen molar-refractivity contribution in [2.24, 2.45) is 0 Å². The molecule has 0 aliphatic rings. The van der Waals surface area contributed by atoms with Crippen LogP contribution in [0.5, 0.6) is 0 Å². The summed E-state index contributed by atoms with van der Waals surface area (Å²) in [6.07, 6.45) is -0.00213. The summed E-state index contributed by atoms with van der Waals surface area (Å²) in [5.41, 5.74) is 0.360. The van der Waals surface area contributed by atoms with Crippen molar-refractivity contribution in [3.05, 3.63) is 22.4 Å². The third-order valence-corrected chi connectivity index (χ3v) is 2.50. The summed E-state index contributed by atoms with van der Waals surface area (Å²) in [6.45, 7) is 2.06. The molecule has 0 saturated heterocycles. The second-order valence-electron chi connectivity index (χ2n) is 2.54. The molecule has 0 fully saturated rings. The van der Waals surface area contributed by atoms with Crippen molar-refractivity contribution in [1.82, 2.24) is 0 Å². The number of carbonyl (C=O) groups is 1. The summed E-state index contributed by atoms with van der Waals surface area (Å²) in [6, 6.07) is 3.60. The van der Waals surface area contributed by atoms with E-state index >= 15 is 0 Å². The third kappa shape index (κ3) is 2.83. The molecule has 4 heteroatoms. The van der Waals surface area contributed by atoms with Crippen molar-refractivity contribution in [2.75, 3.05) is 6.61 Å². The van der Waals surface area contributed by atoms with Gasteiger partial charge in [0, 0.05) is 4.88 Å². The maximum Gasteiger partial charge on any atom is 0.311 e. The van der Waals surface area contributed by atoms with Gasteiger partial charge in [-0.25, -0.2) is 4.79 Å². The Hall–Kier alpha value is -1.38. The zero-order chi connectivity index (χ0) is 10.4. The highest BCUT2D eigenvalue weighted by molar-refractivity contribution is 7.11. The van der Waals surface area contributed by atoms with Crippen LogP contribution in [0.15, 0.2) is 17.5 Å². The molecule has 0 atom stereocenters. The molecule has 0 N–H and O–H groups in total. The van der Waals surface area contributed by atoms with Gasteiger partial charge in [-0.2, -0.15) is 0 Å². The second kappa shape index (κ2) is 5.37. The molecule has 0 aromatic carbocycles. The van der Waals surface area contributed by atoms with Crippen LogP contribution in [0.4, 0.5) is 0 Å². The minimum atomic E-state index is -0.390. The molecular weight excluding hydrogens is 200 g/mol. The van der Waals surface area contributed by atoms with E-state index in [1.165, 1.54) is 11.3 Å². The molecule has 0 aliphatic carbocycles. The fourth-order valence-corrected chi connectivity index (χ4v) is 1.70. The van der Waals surface area contributed by atoms with Crippen molar-refractivity contribution >= 4 is 28.8 Å². The lowest BCUT2D eigenvalue weighted by Gasteiger charge is -2.00. The van der Waals surface area contributed by atoms with Gasteiger partial charge in [0.25, 0.3) is 0 Å². The largest absolute Gasteiger partial charge is 0.466 e. The lowest BCUT2D eigenvalue weighted by atomic mass is 10.2. The quantitative estimate of drug-likeness (QED) is 0.563. The molecule has 14 heavy (non-hydrogen) atoms. The zero-order valence-electron chi connectivity index (χ0n) is 7.78. The van der Waals surface area contributed by atoms with Crippen LogP contribution in [0, 0.1) is 0 Å². The number of carbonyl (C=O) groups excluding carboxylic acids is 2. The van der Waals surface area contributed by atoms with E-state index in [9.17, 15) is 9.59 Å². The Balaban J connectivity index is 2.67. The zero-order valence-corrected chi connectivity index (χ0v) is 8.60. The molecule has 1 aromatic rings. The summed E-state index contributed by atoms with van der Waals surface area (Å²) in [5, 5.41) is 1.85. The molecular formula is C10H10O3S. The van der Waals surface area contributed by atoms with Crippen molar-refractivity contribution < 1.29 is 14.3 Å². The first kappa shape index (κ1) is 10.7. The van der Waals surface area contributed by atoms with E-state index in [1.54, 1.807) is 18.9 Å². The second-order valence-corrected chi connectivity index (χ2v) is 3.49. The van der Waals surface area contributed by atoms with Gasteiger partial charge in [-0.1, -0.05) is 6.07 Å². The van der Waals surface area contributed by atoms with Crippen LogP contribution in [0.3, 0.4) is 0 Å².